The molecule has 0 radical (unpaired) electrons. The van der Waals surface area contributed by atoms with E-state index in [9.17, 15) is 18.0 Å². The summed E-state index contributed by atoms with van der Waals surface area (Å²) in [5, 5.41) is 0. The molecular formula is C21H18F3N3O2. The highest BCUT2D eigenvalue weighted by Crippen LogP contribution is 2.29. The quantitative estimate of drug-likeness (QED) is 0.481. The monoisotopic (exact) mass is 401 g/mol. The predicted octanol–water partition coefficient (Wildman–Crippen LogP) is 4.14. The van der Waals surface area contributed by atoms with Crippen LogP contribution in [0.5, 0.6) is 0 Å². The smallest absolute Gasteiger partial charge is 0.398 e. The number of nitrogens with zero attached hydrogens (tertiary/aromatic N) is 1. The summed E-state index contributed by atoms with van der Waals surface area (Å²) in [4.78, 5) is 21.5. The highest BCUT2D eigenvalue weighted by atomic mass is 19.4. The number of aromatic nitrogens is 1. The van der Waals surface area contributed by atoms with Crippen LogP contribution in [0.4, 0.5) is 18.9 Å². The molecule has 150 valence electrons. The van der Waals surface area contributed by atoms with Gasteiger partial charge in [-0.1, -0.05) is 24.3 Å². The minimum atomic E-state index is -4.40. The lowest BCUT2D eigenvalue weighted by atomic mass is 10.0. The average molecular weight is 401 g/mol. The van der Waals surface area contributed by atoms with E-state index >= 15 is 0 Å². The van der Waals surface area contributed by atoms with Crippen molar-refractivity contribution in [1.82, 2.24) is 10.5 Å². The number of para-hydroxylation sites is 1. The van der Waals surface area contributed by atoms with Crippen molar-refractivity contribution >= 4 is 11.6 Å². The normalized spacial score (nSPS) is 11.3. The molecule has 0 saturated heterocycles. The molecule has 0 fully saturated rings. The van der Waals surface area contributed by atoms with Gasteiger partial charge in [0.2, 0.25) is 0 Å². The van der Waals surface area contributed by atoms with Crippen molar-refractivity contribution in [2.24, 2.45) is 0 Å². The summed E-state index contributed by atoms with van der Waals surface area (Å²) < 4.78 is 37.7. The summed E-state index contributed by atoms with van der Waals surface area (Å²) >= 11 is 0. The van der Waals surface area contributed by atoms with Gasteiger partial charge in [0.05, 0.1) is 17.7 Å². The molecule has 5 nitrogen and oxygen atoms in total. The molecule has 0 saturated carbocycles. The van der Waals surface area contributed by atoms with E-state index in [1.807, 2.05) is 18.2 Å². The molecule has 8 heteroatoms. The first-order chi connectivity index (χ1) is 13.8. The summed E-state index contributed by atoms with van der Waals surface area (Å²) in [7, 11) is 0. The fourth-order valence-electron chi connectivity index (χ4n) is 2.72. The van der Waals surface area contributed by atoms with E-state index in [4.69, 9.17) is 10.6 Å². The molecule has 29 heavy (non-hydrogen) atoms. The van der Waals surface area contributed by atoms with Crippen LogP contribution in [0.3, 0.4) is 0 Å². The summed E-state index contributed by atoms with van der Waals surface area (Å²) in [6.45, 7) is -0.0828. The fourth-order valence-corrected chi connectivity index (χ4v) is 2.72. The Morgan fingerprint density at radius 1 is 1.00 bits per heavy atom. The fraction of sp³-hybridized carbons (Fsp3) is 0.143. The van der Waals surface area contributed by atoms with Crippen LogP contribution in [0.15, 0.2) is 67.0 Å². The number of pyridine rings is 1. The number of benzene rings is 2. The SMILES string of the molecule is Nc1c(Cc2ccncc2)cccc1C(=O)NOCc1ccc(C(F)(F)F)cc1. The minimum Gasteiger partial charge on any atom is -0.398 e. The lowest BCUT2D eigenvalue weighted by molar-refractivity contribution is -0.137. The molecule has 2 aromatic carbocycles. The van der Waals surface area contributed by atoms with Crippen molar-refractivity contribution in [2.45, 2.75) is 19.2 Å². The summed E-state index contributed by atoms with van der Waals surface area (Å²) in [5.74, 6) is -0.536. The van der Waals surface area contributed by atoms with Gasteiger partial charge in [-0.25, -0.2) is 5.48 Å². The van der Waals surface area contributed by atoms with E-state index in [-0.39, 0.29) is 12.2 Å². The van der Waals surface area contributed by atoms with E-state index in [1.165, 1.54) is 12.1 Å². The second-order valence-electron chi connectivity index (χ2n) is 6.33. The van der Waals surface area contributed by atoms with Crippen LogP contribution in [0.25, 0.3) is 0 Å². The van der Waals surface area contributed by atoms with Crippen LogP contribution in [0, 0.1) is 0 Å². The number of alkyl halides is 3. The lowest BCUT2D eigenvalue weighted by Gasteiger charge is -2.12. The number of hydroxylamine groups is 1. The second kappa shape index (κ2) is 8.74. The Balaban J connectivity index is 1.60. The van der Waals surface area contributed by atoms with Crippen molar-refractivity contribution in [3.63, 3.8) is 0 Å². The number of carbonyl (C=O) groups excluding carboxylic acids is 1. The lowest BCUT2D eigenvalue weighted by Crippen LogP contribution is -2.25. The van der Waals surface area contributed by atoms with Crippen LogP contribution >= 0.6 is 0 Å². The number of hydrogen-bond donors (Lipinski definition) is 2. The van der Waals surface area contributed by atoms with E-state index in [0.29, 0.717) is 17.7 Å². The van der Waals surface area contributed by atoms with Crippen molar-refractivity contribution in [3.8, 4) is 0 Å². The van der Waals surface area contributed by atoms with Gasteiger partial charge in [-0.05, 0) is 53.4 Å². The number of nitrogens with one attached hydrogen (secondary N) is 1. The highest BCUT2D eigenvalue weighted by Gasteiger charge is 2.29. The molecule has 1 aromatic heterocycles. The number of nitrogens with two attached hydrogens (primary N) is 1. The maximum absolute atomic E-state index is 12.6. The summed E-state index contributed by atoms with van der Waals surface area (Å²) in [5.41, 5.74) is 10.5. The van der Waals surface area contributed by atoms with Crippen molar-refractivity contribution in [2.75, 3.05) is 5.73 Å². The van der Waals surface area contributed by atoms with Crippen LogP contribution in [-0.2, 0) is 24.0 Å². The predicted molar refractivity (Wildman–Crippen MR) is 102 cm³/mol. The van der Waals surface area contributed by atoms with Gasteiger partial charge in [-0.2, -0.15) is 13.2 Å². The van der Waals surface area contributed by atoms with Gasteiger partial charge >= 0.3 is 6.18 Å². The molecule has 1 amide bonds. The number of hydrogen-bond acceptors (Lipinski definition) is 4. The molecule has 3 N–H and O–H groups in total. The van der Waals surface area contributed by atoms with Gasteiger partial charge in [-0.3, -0.25) is 14.6 Å². The van der Waals surface area contributed by atoms with Gasteiger partial charge in [0.1, 0.15) is 0 Å². The molecule has 3 rings (SSSR count). The van der Waals surface area contributed by atoms with Crippen molar-refractivity contribution in [3.05, 3.63) is 94.8 Å². The Bertz CT molecular complexity index is 975. The van der Waals surface area contributed by atoms with E-state index in [1.54, 1.807) is 24.5 Å². The number of carbonyl (C=O) groups is 1. The van der Waals surface area contributed by atoms with E-state index < -0.39 is 17.6 Å². The van der Waals surface area contributed by atoms with Crippen LogP contribution in [0.2, 0.25) is 0 Å². The molecule has 0 unspecified atom stereocenters. The first kappa shape index (κ1) is 20.3. The Morgan fingerprint density at radius 2 is 1.69 bits per heavy atom. The second-order valence-corrected chi connectivity index (χ2v) is 6.33. The zero-order valence-corrected chi connectivity index (χ0v) is 15.2. The van der Waals surface area contributed by atoms with Crippen LogP contribution in [0.1, 0.15) is 32.6 Å². The number of amides is 1. The maximum Gasteiger partial charge on any atom is 0.416 e. The average Bonchev–Trinajstić information content (AvgIpc) is 2.70. The molecule has 0 spiro atoms. The molecule has 0 atom stereocenters. The number of anilines is 1. The van der Waals surface area contributed by atoms with Crippen molar-refractivity contribution < 1.29 is 22.8 Å². The highest BCUT2D eigenvalue weighted by molar-refractivity contribution is 5.99. The van der Waals surface area contributed by atoms with Gasteiger partial charge < -0.3 is 5.73 Å². The van der Waals surface area contributed by atoms with Gasteiger partial charge in [0.25, 0.3) is 5.91 Å². The first-order valence-electron chi connectivity index (χ1n) is 8.69. The van der Waals surface area contributed by atoms with E-state index in [2.05, 4.69) is 10.5 Å². The van der Waals surface area contributed by atoms with Crippen LogP contribution < -0.4 is 11.2 Å². The first-order valence-corrected chi connectivity index (χ1v) is 8.69. The summed E-state index contributed by atoms with van der Waals surface area (Å²) in [6.07, 6.45) is -0.497. The van der Waals surface area contributed by atoms with Gasteiger partial charge in [-0.15, -0.1) is 0 Å². The molecule has 0 aliphatic carbocycles. The van der Waals surface area contributed by atoms with Gasteiger partial charge in [0.15, 0.2) is 0 Å². The Hall–Kier alpha value is -3.39. The molecule has 3 aromatic rings. The third-order valence-corrected chi connectivity index (χ3v) is 4.27. The molecule has 0 aliphatic heterocycles. The van der Waals surface area contributed by atoms with Crippen molar-refractivity contribution in [1.29, 1.82) is 0 Å². The Kier molecular flexibility index (Phi) is 6.13. The minimum absolute atomic E-state index is 0.0828. The summed E-state index contributed by atoms with van der Waals surface area (Å²) in [6, 6.07) is 13.3. The van der Waals surface area contributed by atoms with E-state index in [0.717, 1.165) is 23.3 Å². The number of halogens is 3. The molecular weight excluding hydrogens is 383 g/mol. The Labute approximate surface area is 165 Å². The zero-order chi connectivity index (χ0) is 20.9. The number of nitrogen functional groups attached to an aromatic ring is 1. The van der Waals surface area contributed by atoms with Crippen LogP contribution in [-0.4, -0.2) is 10.9 Å². The third-order valence-electron chi connectivity index (χ3n) is 4.27. The Morgan fingerprint density at radius 3 is 2.34 bits per heavy atom. The zero-order valence-electron chi connectivity index (χ0n) is 15.2. The number of rotatable bonds is 6. The maximum atomic E-state index is 12.6. The molecule has 1 heterocycles. The van der Waals surface area contributed by atoms with Gasteiger partial charge in [0, 0.05) is 18.1 Å². The topological polar surface area (TPSA) is 77.2 Å². The standard InChI is InChI=1S/C21H18F3N3O2/c22-21(23,24)17-6-4-15(5-7-17)13-29-27-20(28)18-3-1-2-16(19(18)25)12-14-8-10-26-11-9-14/h1-11H,12-13,25H2,(H,27,28). The third kappa shape index (κ3) is 5.32. The molecule has 0 bridgehead atoms. The largest absolute Gasteiger partial charge is 0.416 e. The molecule has 0 aliphatic rings.